The Balaban J connectivity index is 1.83. The van der Waals surface area contributed by atoms with Crippen molar-refractivity contribution in [3.63, 3.8) is 0 Å². The maximum atomic E-state index is 12.4. The van der Waals surface area contributed by atoms with Crippen LogP contribution in [0.2, 0.25) is 5.02 Å². The molecule has 1 aliphatic heterocycles. The van der Waals surface area contributed by atoms with Crippen molar-refractivity contribution in [1.29, 1.82) is 0 Å². The number of fused-ring (bicyclic) bond motifs is 1. The van der Waals surface area contributed by atoms with Crippen LogP contribution in [0.1, 0.15) is 18.4 Å². The molecule has 3 rings (SSSR count). The maximum Gasteiger partial charge on any atom is 0.326 e. The SMILES string of the molecule is O=C(O)C1CCCN1C(=O)Cc1csc2ccc(Cl)cc12. The van der Waals surface area contributed by atoms with E-state index in [0.29, 0.717) is 18.0 Å². The van der Waals surface area contributed by atoms with E-state index in [2.05, 4.69) is 0 Å². The number of aliphatic carboxylic acids is 1. The molecular formula is C15H14ClNO3S. The van der Waals surface area contributed by atoms with Crippen LogP contribution in [0.25, 0.3) is 10.1 Å². The van der Waals surface area contributed by atoms with E-state index in [9.17, 15) is 9.59 Å². The van der Waals surface area contributed by atoms with Gasteiger partial charge in [-0.3, -0.25) is 4.79 Å². The molecule has 0 saturated carbocycles. The molecule has 1 unspecified atom stereocenters. The van der Waals surface area contributed by atoms with Gasteiger partial charge in [0.2, 0.25) is 5.91 Å². The first kappa shape index (κ1) is 14.4. The minimum atomic E-state index is -0.918. The molecule has 0 spiro atoms. The number of carbonyl (C=O) groups excluding carboxylic acids is 1. The summed E-state index contributed by atoms with van der Waals surface area (Å²) in [5.41, 5.74) is 0.915. The first-order chi connectivity index (χ1) is 10.1. The molecule has 0 bridgehead atoms. The molecule has 2 aromatic rings. The number of nitrogens with zero attached hydrogens (tertiary/aromatic N) is 1. The van der Waals surface area contributed by atoms with Crippen LogP contribution in [0.15, 0.2) is 23.6 Å². The number of amides is 1. The number of halogens is 1. The third-order valence-electron chi connectivity index (χ3n) is 3.82. The van der Waals surface area contributed by atoms with Crippen LogP contribution in [-0.4, -0.2) is 34.5 Å². The molecule has 110 valence electrons. The molecule has 1 atom stereocenters. The van der Waals surface area contributed by atoms with E-state index in [1.54, 1.807) is 11.3 Å². The van der Waals surface area contributed by atoms with Gasteiger partial charge in [-0.1, -0.05) is 11.6 Å². The van der Waals surface area contributed by atoms with Crippen molar-refractivity contribution in [2.45, 2.75) is 25.3 Å². The van der Waals surface area contributed by atoms with Gasteiger partial charge < -0.3 is 10.0 Å². The lowest BCUT2D eigenvalue weighted by molar-refractivity contribution is -0.147. The Bertz CT molecular complexity index is 712. The van der Waals surface area contributed by atoms with Gasteiger partial charge in [-0.25, -0.2) is 4.79 Å². The van der Waals surface area contributed by atoms with E-state index in [-0.39, 0.29) is 12.3 Å². The van der Waals surface area contributed by atoms with Crippen molar-refractivity contribution in [1.82, 2.24) is 4.90 Å². The zero-order valence-corrected chi connectivity index (χ0v) is 12.8. The number of carboxylic acid groups (broad SMARTS) is 1. The second kappa shape index (κ2) is 5.66. The van der Waals surface area contributed by atoms with E-state index in [1.165, 1.54) is 4.90 Å². The molecule has 0 radical (unpaired) electrons. The smallest absolute Gasteiger partial charge is 0.326 e. The van der Waals surface area contributed by atoms with Crippen LogP contribution in [0.4, 0.5) is 0 Å². The second-order valence-electron chi connectivity index (χ2n) is 5.16. The summed E-state index contributed by atoms with van der Waals surface area (Å²) in [5, 5.41) is 12.7. The largest absolute Gasteiger partial charge is 0.480 e. The van der Waals surface area contributed by atoms with Crippen LogP contribution in [0.5, 0.6) is 0 Å². The first-order valence-corrected chi connectivity index (χ1v) is 8.00. The number of benzene rings is 1. The first-order valence-electron chi connectivity index (χ1n) is 6.74. The molecule has 1 aromatic carbocycles. The number of hydrogen-bond acceptors (Lipinski definition) is 3. The summed E-state index contributed by atoms with van der Waals surface area (Å²) >= 11 is 7.58. The second-order valence-corrected chi connectivity index (χ2v) is 6.51. The van der Waals surface area contributed by atoms with Crippen LogP contribution in [0.3, 0.4) is 0 Å². The molecule has 6 heteroatoms. The minimum absolute atomic E-state index is 0.125. The average molecular weight is 324 g/mol. The van der Waals surface area contributed by atoms with Crippen LogP contribution in [0, 0.1) is 0 Å². The summed E-state index contributed by atoms with van der Waals surface area (Å²) in [6, 6.07) is 4.94. The summed E-state index contributed by atoms with van der Waals surface area (Å²) in [6.45, 7) is 0.526. The van der Waals surface area contributed by atoms with Crippen molar-refractivity contribution < 1.29 is 14.7 Å². The van der Waals surface area contributed by atoms with Gasteiger partial charge in [0.05, 0.1) is 6.42 Å². The standard InChI is InChI=1S/C15H14ClNO3S/c16-10-3-4-13-11(7-10)9(8-21-13)6-14(18)17-5-1-2-12(17)15(19)20/h3-4,7-8,12H,1-2,5-6H2,(H,19,20). The molecular weight excluding hydrogens is 310 g/mol. The van der Waals surface area contributed by atoms with Crippen LogP contribution >= 0.6 is 22.9 Å². The molecule has 1 amide bonds. The van der Waals surface area contributed by atoms with Gasteiger partial charge in [0.15, 0.2) is 0 Å². The predicted octanol–water partition coefficient (Wildman–Crippen LogP) is 3.17. The van der Waals surface area contributed by atoms with Crippen LogP contribution in [-0.2, 0) is 16.0 Å². The topological polar surface area (TPSA) is 57.6 Å². The average Bonchev–Trinajstić information content (AvgIpc) is 3.06. The van der Waals surface area contributed by atoms with E-state index < -0.39 is 12.0 Å². The minimum Gasteiger partial charge on any atom is -0.480 e. The Labute approximate surface area is 130 Å². The van der Waals surface area contributed by atoms with Gasteiger partial charge in [-0.2, -0.15) is 0 Å². The highest BCUT2D eigenvalue weighted by atomic mass is 35.5. The molecule has 1 saturated heterocycles. The lowest BCUT2D eigenvalue weighted by Gasteiger charge is -2.21. The maximum absolute atomic E-state index is 12.4. The Morgan fingerprint density at radius 1 is 1.43 bits per heavy atom. The number of likely N-dealkylation sites (tertiary alicyclic amines) is 1. The van der Waals surface area contributed by atoms with Gasteiger partial charge >= 0.3 is 5.97 Å². The Morgan fingerprint density at radius 2 is 2.24 bits per heavy atom. The van der Waals surface area contributed by atoms with Crippen LogP contribution < -0.4 is 0 Å². The summed E-state index contributed by atoms with van der Waals surface area (Å²) in [4.78, 5) is 25.0. The van der Waals surface area contributed by atoms with Crippen molar-refractivity contribution in [2.24, 2.45) is 0 Å². The van der Waals surface area contributed by atoms with E-state index in [4.69, 9.17) is 16.7 Å². The van der Waals surface area contributed by atoms with Gasteiger partial charge in [0.25, 0.3) is 0 Å². The fourth-order valence-corrected chi connectivity index (χ4v) is 3.89. The normalized spacial score (nSPS) is 18.3. The number of rotatable bonds is 3. The summed E-state index contributed by atoms with van der Waals surface area (Å²) in [5.74, 6) is -1.04. The molecule has 4 nitrogen and oxygen atoms in total. The Hall–Kier alpha value is -1.59. The fourth-order valence-electron chi connectivity index (χ4n) is 2.78. The molecule has 0 aliphatic carbocycles. The summed E-state index contributed by atoms with van der Waals surface area (Å²) < 4.78 is 1.08. The van der Waals surface area contributed by atoms with Crippen molar-refractivity contribution in [3.8, 4) is 0 Å². The van der Waals surface area contributed by atoms with E-state index >= 15 is 0 Å². The third kappa shape index (κ3) is 2.76. The molecule has 1 aliphatic rings. The van der Waals surface area contributed by atoms with Gasteiger partial charge in [-0.15, -0.1) is 11.3 Å². The third-order valence-corrected chi connectivity index (χ3v) is 5.06. The van der Waals surface area contributed by atoms with Gasteiger partial charge in [-0.05, 0) is 47.4 Å². The highest BCUT2D eigenvalue weighted by molar-refractivity contribution is 7.17. The lowest BCUT2D eigenvalue weighted by Crippen LogP contribution is -2.41. The van der Waals surface area contributed by atoms with Crippen molar-refractivity contribution in [3.05, 3.63) is 34.2 Å². The van der Waals surface area contributed by atoms with Crippen molar-refractivity contribution >= 4 is 44.9 Å². The Morgan fingerprint density at radius 3 is 3.00 bits per heavy atom. The molecule has 21 heavy (non-hydrogen) atoms. The quantitative estimate of drug-likeness (QED) is 0.943. The van der Waals surface area contributed by atoms with Gasteiger partial charge in [0.1, 0.15) is 6.04 Å². The van der Waals surface area contributed by atoms with E-state index in [0.717, 1.165) is 22.1 Å². The monoisotopic (exact) mass is 323 g/mol. The zero-order valence-electron chi connectivity index (χ0n) is 11.2. The molecule has 1 N–H and O–H groups in total. The highest BCUT2D eigenvalue weighted by Crippen LogP contribution is 2.30. The predicted molar refractivity (Wildman–Crippen MR) is 82.9 cm³/mol. The molecule has 2 heterocycles. The number of thiophene rings is 1. The number of hydrogen-bond donors (Lipinski definition) is 1. The number of carboxylic acids is 1. The fraction of sp³-hybridized carbons (Fsp3) is 0.333. The van der Waals surface area contributed by atoms with E-state index in [1.807, 2.05) is 23.6 Å². The lowest BCUT2D eigenvalue weighted by atomic mass is 10.1. The summed E-state index contributed by atoms with van der Waals surface area (Å²) in [7, 11) is 0. The summed E-state index contributed by atoms with van der Waals surface area (Å²) in [6.07, 6.45) is 1.51. The van der Waals surface area contributed by atoms with Gasteiger partial charge in [0, 0.05) is 16.3 Å². The molecule has 1 aromatic heterocycles. The zero-order chi connectivity index (χ0) is 15.0. The number of carbonyl (C=O) groups is 2. The Kier molecular flexibility index (Phi) is 3.87. The highest BCUT2D eigenvalue weighted by Gasteiger charge is 2.33. The van der Waals surface area contributed by atoms with Crippen molar-refractivity contribution in [2.75, 3.05) is 6.54 Å². The molecule has 1 fully saturated rings.